The molecule has 1 aliphatic heterocycles. The smallest absolute Gasteiger partial charge is 0.319 e. The maximum atomic E-state index is 13.7. The van der Waals surface area contributed by atoms with Gasteiger partial charge in [-0.05, 0) is 35.9 Å². The van der Waals surface area contributed by atoms with Gasteiger partial charge in [0.05, 0.1) is 18.9 Å². The Labute approximate surface area is 168 Å². The zero-order valence-electron chi connectivity index (χ0n) is 15.4. The van der Waals surface area contributed by atoms with Gasteiger partial charge in [-0.1, -0.05) is 23.7 Å². The number of amides is 2. The van der Waals surface area contributed by atoms with Crippen molar-refractivity contribution < 1.29 is 18.7 Å². The molecule has 0 aromatic heterocycles. The summed E-state index contributed by atoms with van der Waals surface area (Å²) in [5.74, 6) is 0.162. The third-order valence-corrected chi connectivity index (χ3v) is 4.55. The number of nitrogens with zero attached hydrogens (tertiary/aromatic N) is 1. The van der Waals surface area contributed by atoms with E-state index in [0.717, 1.165) is 50.2 Å². The molecule has 2 N–H and O–H groups in total. The van der Waals surface area contributed by atoms with Gasteiger partial charge in [0.15, 0.2) is 0 Å². The van der Waals surface area contributed by atoms with Crippen molar-refractivity contribution in [2.24, 2.45) is 0 Å². The van der Waals surface area contributed by atoms with Gasteiger partial charge in [-0.3, -0.25) is 4.90 Å². The monoisotopic (exact) mass is 407 g/mol. The Hall–Kier alpha value is -2.35. The lowest BCUT2D eigenvalue weighted by molar-refractivity contribution is 0.0322. The number of benzene rings is 2. The van der Waals surface area contributed by atoms with Gasteiger partial charge in [0.1, 0.15) is 18.2 Å². The number of carbonyl (C=O) groups is 1. The molecule has 2 amide bonds. The Bertz CT molecular complexity index is 800. The quantitative estimate of drug-likeness (QED) is 0.737. The van der Waals surface area contributed by atoms with Crippen molar-refractivity contribution in [2.75, 3.05) is 44.8 Å². The highest BCUT2D eigenvalue weighted by Gasteiger charge is 2.10. The first kappa shape index (κ1) is 20.4. The average Bonchev–Trinajstić information content (AvgIpc) is 2.70. The molecule has 0 aliphatic carbocycles. The molecule has 0 atom stereocenters. The number of urea groups is 1. The molecule has 2 aromatic rings. The molecular formula is C20H23ClFN3O3. The molecule has 28 heavy (non-hydrogen) atoms. The summed E-state index contributed by atoms with van der Waals surface area (Å²) in [4.78, 5) is 14.3. The highest BCUT2D eigenvalue weighted by Crippen LogP contribution is 2.19. The minimum Gasteiger partial charge on any atom is -0.492 e. The van der Waals surface area contributed by atoms with Gasteiger partial charge < -0.3 is 20.1 Å². The van der Waals surface area contributed by atoms with Crippen LogP contribution in [0.2, 0.25) is 5.02 Å². The predicted molar refractivity (Wildman–Crippen MR) is 106 cm³/mol. The maximum absolute atomic E-state index is 13.7. The molecule has 6 nitrogen and oxygen atoms in total. The van der Waals surface area contributed by atoms with Crippen molar-refractivity contribution >= 4 is 23.3 Å². The third-order valence-electron chi connectivity index (χ3n) is 4.31. The van der Waals surface area contributed by atoms with Crippen molar-refractivity contribution in [1.82, 2.24) is 10.2 Å². The zero-order valence-corrected chi connectivity index (χ0v) is 16.2. The SMILES string of the molecule is O=C(NCc1cccc(OCCN2CCOCC2)c1)Nc1ccc(Cl)cc1F. The molecule has 0 radical (unpaired) electrons. The fourth-order valence-electron chi connectivity index (χ4n) is 2.80. The highest BCUT2D eigenvalue weighted by molar-refractivity contribution is 6.30. The molecule has 2 aromatic carbocycles. The molecule has 1 heterocycles. The van der Waals surface area contributed by atoms with E-state index in [2.05, 4.69) is 15.5 Å². The van der Waals surface area contributed by atoms with Gasteiger partial charge >= 0.3 is 6.03 Å². The number of hydrogen-bond donors (Lipinski definition) is 2. The van der Waals surface area contributed by atoms with Crippen molar-refractivity contribution in [3.05, 3.63) is 58.9 Å². The lowest BCUT2D eigenvalue weighted by atomic mass is 10.2. The van der Waals surface area contributed by atoms with Crippen LogP contribution in [-0.4, -0.2) is 50.4 Å². The molecule has 0 spiro atoms. The van der Waals surface area contributed by atoms with Crippen LogP contribution in [0.15, 0.2) is 42.5 Å². The van der Waals surface area contributed by atoms with E-state index >= 15 is 0 Å². The molecule has 3 rings (SSSR count). The second-order valence-electron chi connectivity index (χ2n) is 6.38. The number of morpholine rings is 1. The van der Waals surface area contributed by atoms with Crippen LogP contribution in [0.4, 0.5) is 14.9 Å². The van der Waals surface area contributed by atoms with Crippen LogP contribution in [0, 0.1) is 5.82 Å². The van der Waals surface area contributed by atoms with E-state index in [1.165, 1.54) is 12.1 Å². The van der Waals surface area contributed by atoms with E-state index in [4.69, 9.17) is 21.1 Å². The molecule has 1 aliphatic rings. The summed E-state index contributed by atoms with van der Waals surface area (Å²) < 4.78 is 24.9. The van der Waals surface area contributed by atoms with Gasteiger partial charge in [-0.2, -0.15) is 0 Å². The molecule has 0 bridgehead atoms. The number of carbonyl (C=O) groups excluding carboxylic acids is 1. The molecule has 1 saturated heterocycles. The van der Waals surface area contributed by atoms with Gasteiger partial charge in [0.2, 0.25) is 0 Å². The number of ether oxygens (including phenoxy) is 2. The number of halogens is 2. The largest absolute Gasteiger partial charge is 0.492 e. The first-order valence-electron chi connectivity index (χ1n) is 9.12. The van der Waals surface area contributed by atoms with Crippen LogP contribution in [0.3, 0.4) is 0 Å². The van der Waals surface area contributed by atoms with Crippen molar-refractivity contribution in [2.45, 2.75) is 6.54 Å². The Morgan fingerprint density at radius 3 is 2.82 bits per heavy atom. The van der Waals surface area contributed by atoms with E-state index in [-0.39, 0.29) is 10.7 Å². The minimum absolute atomic E-state index is 0.0714. The zero-order chi connectivity index (χ0) is 19.8. The van der Waals surface area contributed by atoms with E-state index in [9.17, 15) is 9.18 Å². The summed E-state index contributed by atoms with van der Waals surface area (Å²) in [7, 11) is 0. The first-order valence-corrected chi connectivity index (χ1v) is 9.50. The normalized spacial score (nSPS) is 14.5. The fraction of sp³-hybridized carbons (Fsp3) is 0.350. The second kappa shape index (κ2) is 10.3. The summed E-state index contributed by atoms with van der Waals surface area (Å²) in [5.41, 5.74) is 0.956. The van der Waals surface area contributed by atoms with Crippen molar-refractivity contribution in [1.29, 1.82) is 0 Å². The summed E-state index contributed by atoms with van der Waals surface area (Å²) in [6, 6.07) is 11.1. The van der Waals surface area contributed by atoms with Crippen molar-refractivity contribution in [3.63, 3.8) is 0 Å². The Morgan fingerprint density at radius 2 is 2.04 bits per heavy atom. The standard InChI is InChI=1S/C20H23ClFN3O3/c21-16-4-5-19(18(22)13-16)24-20(26)23-14-15-2-1-3-17(12-15)28-11-8-25-6-9-27-10-7-25/h1-5,12-13H,6-11,14H2,(H2,23,24,26). The molecule has 150 valence electrons. The van der Waals surface area contributed by atoms with Crippen molar-refractivity contribution in [3.8, 4) is 5.75 Å². The molecule has 1 fully saturated rings. The second-order valence-corrected chi connectivity index (χ2v) is 6.82. The Balaban J connectivity index is 1.44. The van der Waals surface area contributed by atoms with Crippen LogP contribution < -0.4 is 15.4 Å². The van der Waals surface area contributed by atoms with E-state index in [1.54, 1.807) is 0 Å². The maximum Gasteiger partial charge on any atom is 0.319 e. The van der Waals surface area contributed by atoms with E-state index < -0.39 is 11.8 Å². The van der Waals surface area contributed by atoms with Gasteiger partial charge in [-0.25, -0.2) is 9.18 Å². The summed E-state index contributed by atoms with van der Waals surface area (Å²) in [6.07, 6.45) is 0. The molecule has 0 unspecified atom stereocenters. The number of nitrogens with one attached hydrogen (secondary N) is 2. The topological polar surface area (TPSA) is 62.8 Å². The third kappa shape index (κ3) is 6.37. The van der Waals surface area contributed by atoms with Crippen LogP contribution in [0.5, 0.6) is 5.75 Å². The van der Waals surface area contributed by atoms with E-state index in [0.29, 0.717) is 13.2 Å². The van der Waals surface area contributed by atoms with Crippen LogP contribution in [0.1, 0.15) is 5.56 Å². The summed E-state index contributed by atoms with van der Waals surface area (Å²) >= 11 is 5.70. The Kier molecular flexibility index (Phi) is 7.47. The fourth-order valence-corrected chi connectivity index (χ4v) is 2.96. The Morgan fingerprint density at radius 1 is 1.21 bits per heavy atom. The van der Waals surface area contributed by atoms with Crippen LogP contribution in [-0.2, 0) is 11.3 Å². The summed E-state index contributed by atoms with van der Waals surface area (Å²) in [5, 5.41) is 5.43. The average molecular weight is 408 g/mol. The number of hydrogen-bond acceptors (Lipinski definition) is 4. The predicted octanol–water partition coefficient (Wildman–Crippen LogP) is 3.51. The lowest BCUT2D eigenvalue weighted by Crippen LogP contribution is -2.38. The van der Waals surface area contributed by atoms with Crippen LogP contribution >= 0.6 is 11.6 Å². The first-order chi connectivity index (χ1) is 13.6. The van der Waals surface area contributed by atoms with Gasteiger partial charge in [0.25, 0.3) is 0 Å². The molecule has 0 saturated carbocycles. The van der Waals surface area contributed by atoms with Gasteiger partial charge in [0, 0.05) is 31.2 Å². The van der Waals surface area contributed by atoms with Crippen LogP contribution in [0.25, 0.3) is 0 Å². The molecular weight excluding hydrogens is 385 g/mol. The number of rotatable bonds is 7. The highest BCUT2D eigenvalue weighted by atomic mass is 35.5. The summed E-state index contributed by atoms with van der Waals surface area (Å²) in [6.45, 7) is 5.12. The number of anilines is 1. The van der Waals surface area contributed by atoms with E-state index in [1.807, 2.05) is 24.3 Å². The molecule has 8 heteroatoms. The van der Waals surface area contributed by atoms with Gasteiger partial charge in [-0.15, -0.1) is 0 Å². The lowest BCUT2D eigenvalue weighted by Gasteiger charge is -2.26. The minimum atomic E-state index is -0.585.